The fourth-order valence-electron chi connectivity index (χ4n) is 2.99. The highest BCUT2D eigenvalue weighted by atomic mass is 35.5. The van der Waals surface area contributed by atoms with Crippen LogP contribution in [0.15, 0.2) is 71.6 Å². The number of hydrazine groups is 1. The number of anilines is 1. The molecule has 4 rings (SSSR count). The molecule has 0 bridgehead atoms. The molecule has 0 unspecified atom stereocenters. The molecule has 1 fully saturated rings. The molecular weight excluding hydrogens is 549 g/mol. The Morgan fingerprint density at radius 1 is 1.03 bits per heavy atom. The number of carbonyl (C=O) groups excluding carboxylic acids is 2. The van der Waals surface area contributed by atoms with Crippen molar-refractivity contribution in [1.82, 2.24) is 10.4 Å². The number of rotatable bonds is 6. The third-order valence-corrected chi connectivity index (χ3v) is 6.95. The van der Waals surface area contributed by atoms with Crippen molar-refractivity contribution in [3.63, 3.8) is 0 Å². The number of benzene rings is 3. The summed E-state index contributed by atoms with van der Waals surface area (Å²) in [4.78, 5) is 25.6. The Kier molecular flexibility index (Phi) is 8.20. The summed E-state index contributed by atoms with van der Waals surface area (Å²) < 4.78 is 6.04. The molecule has 0 aliphatic carbocycles. The van der Waals surface area contributed by atoms with Gasteiger partial charge >= 0.3 is 6.03 Å². The largest absolute Gasteiger partial charge is 0.489 e. The van der Waals surface area contributed by atoms with E-state index in [0.717, 1.165) is 27.9 Å². The molecule has 3 aromatic rings. The van der Waals surface area contributed by atoms with E-state index in [1.807, 2.05) is 36.4 Å². The zero-order valence-corrected chi connectivity index (χ0v) is 21.7. The average Bonchev–Trinajstić information content (AvgIpc) is 3.08. The van der Waals surface area contributed by atoms with E-state index in [1.165, 1.54) is 6.07 Å². The summed E-state index contributed by atoms with van der Waals surface area (Å²) >= 11 is 24.1. The molecular formula is C24H16Cl3N3O3S2. The number of hydrogen-bond acceptors (Lipinski definition) is 5. The SMILES string of the molecule is O=C(Nc1ccc(Cl)c(Cl)c1)NN1C(=O)/C(=C\c2cccc(OCc3ccc(Cl)cc3)c2)SC1=S. The first-order valence-electron chi connectivity index (χ1n) is 10.1. The van der Waals surface area contributed by atoms with Gasteiger partial charge in [0.1, 0.15) is 12.4 Å². The van der Waals surface area contributed by atoms with Crippen LogP contribution in [0.2, 0.25) is 15.1 Å². The number of hydrogen-bond donors (Lipinski definition) is 2. The lowest BCUT2D eigenvalue weighted by Gasteiger charge is -2.16. The van der Waals surface area contributed by atoms with Crippen molar-refractivity contribution in [1.29, 1.82) is 0 Å². The van der Waals surface area contributed by atoms with Gasteiger partial charge in [-0.3, -0.25) is 4.79 Å². The molecule has 0 saturated carbocycles. The highest BCUT2D eigenvalue weighted by Gasteiger charge is 2.33. The lowest BCUT2D eigenvalue weighted by Crippen LogP contribution is -2.46. The summed E-state index contributed by atoms with van der Waals surface area (Å²) in [6.07, 6.45) is 1.69. The lowest BCUT2D eigenvalue weighted by molar-refractivity contribution is -0.123. The Morgan fingerprint density at radius 3 is 2.54 bits per heavy atom. The smallest absolute Gasteiger partial charge is 0.338 e. The van der Waals surface area contributed by atoms with Crippen molar-refractivity contribution < 1.29 is 14.3 Å². The van der Waals surface area contributed by atoms with Crippen LogP contribution in [0.5, 0.6) is 5.75 Å². The summed E-state index contributed by atoms with van der Waals surface area (Å²) in [7, 11) is 0. The van der Waals surface area contributed by atoms with E-state index in [-0.39, 0.29) is 9.34 Å². The fraction of sp³-hybridized carbons (Fsp3) is 0.0417. The Bertz CT molecular complexity index is 1330. The zero-order valence-electron chi connectivity index (χ0n) is 17.8. The van der Waals surface area contributed by atoms with Gasteiger partial charge in [-0.05, 0) is 71.9 Å². The molecule has 6 nitrogen and oxygen atoms in total. The molecule has 1 aliphatic rings. The summed E-state index contributed by atoms with van der Waals surface area (Å²) in [5.41, 5.74) is 4.59. The fourth-order valence-corrected chi connectivity index (χ4v) is 4.59. The van der Waals surface area contributed by atoms with E-state index in [2.05, 4.69) is 10.7 Å². The molecule has 35 heavy (non-hydrogen) atoms. The predicted octanol–water partition coefficient (Wildman–Crippen LogP) is 7.16. The first kappa shape index (κ1) is 25.3. The standard InChI is InChI=1S/C24H16Cl3N3O3S2/c25-16-6-4-14(5-7-16)13-33-18-3-1-2-15(10-18)11-21-22(31)30(24(34)35-21)29-23(32)28-17-8-9-19(26)20(27)12-17/h1-12H,13H2,(H2,28,29,32)/b21-11+. The van der Waals surface area contributed by atoms with E-state index in [9.17, 15) is 9.59 Å². The highest BCUT2D eigenvalue weighted by Crippen LogP contribution is 2.32. The number of thioether (sulfide) groups is 1. The minimum absolute atomic E-state index is 0.195. The first-order chi connectivity index (χ1) is 16.8. The molecule has 0 radical (unpaired) electrons. The number of halogens is 3. The van der Waals surface area contributed by atoms with Crippen LogP contribution < -0.4 is 15.5 Å². The number of ether oxygens (including phenoxy) is 1. The molecule has 3 amide bonds. The quantitative estimate of drug-likeness (QED) is 0.245. The van der Waals surface area contributed by atoms with Gasteiger partial charge < -0.3 is 10.1 Å². The van der Waals surface area contributed by atoms with Crippen molar-refractivity contribution in [3.8, 4) is 5.75 Å². The van der Waals surface area contributed by atoms with Crippen molar-refractivity contribution >= 4 is 86.8 Å². The van der Waals surface area contributed by atoms with Crippen LogP contribution in [-0.4, -0.2) is 21.3 Å². The second-order valence-electron chi connectivity index (χ2n) is 7.20. The molecule has 1 heterocycles. The number of thiocarbonyl (C=S) groups is 1. The number of nitrogens with zero attached hydrogens (tertiary/aromatic N) is 1. The number of amides is 3. The lowest BCUT2D eigenvalue weighted by atomic mass is 10.2. The molecule has 11 heteroatoms. The minimum atomic E-state index is -0.654. The van der Waals surface area contributed by atoms with Crippen molar-refractivity contribution in [3.05, 3.63) is 97.8 Å². The van der Waals surface area contributed by atoms with Crippen LogP contribution in [0.25, 0.3) is 6.08 Å². The first-order valence-corrected chi connectivity index (χ1v) is 12.4. The van der Waals surface area contributed by atoms with Gasteiger partial charge in [-0.15, -0.1) is 0 Å². The van der Waals surface area contributed by atoms with E-state index >= 15 is 0 Å². The van der Waals surface area contributed by atoms with Crippen molar-refractivity contribution in [2.45, 2.75) is 6.61 Å². The van der Waals surface area contributed by atoms with Gasteiger partial charge in [0, 0.05) is 10.7 Å². The van der Waals surface area contributed by atoms with Crippen molar-refractivity contribution in [2.24, 2.45) is 0 Å². The number of urea groups is 1. The Balaban J connectivity index is 1.39. The van der Waals surface area contributed by atoms with Gasteiger partial charge in [0.25, 0.3) is 5.91 Å². The molecule has 1 aliphatic heterocycles. The number of nitrogens with one attached hydrogen (secondary N) is 2. The maximum Gasteiger partial charge on any atom is 0.338 e. The van der Waals surface area contributed by atoms with Gasteiger partial charge in [-0.25, -0.2) is 10.2 Å². The Morgan fingerprint density at radius 2 is 1.80 bits per heavy atom. The summed E-state index contributed by atoms with van der Waals surface area (Å²) in [5.74, 6) is 0.195. The topological polar surface area (TPSA) is 70.7 Å². The predicted molar refractivity (Wildman–Crippen MR) is 146 cm³/mol. The summed E-state index contributed by atoms with van der Waals surface area (Å²) in [5, 5.41) is 4.91. The van der Waals surface area contributed by atoms with Gasteiger partial charge in [-0.1, -0.05) is 70.8 Å². The monoisotopic (exact) mass is 563 g/mol. The van der Waals surface area contributed by atoms with E-state index in [0.29, 0.717) is 33.0 Å². The summed E-state index contributed by atoms with van der Waals surface area (Å²) in [6.45, 7) is 0.376. The van der Waals surface area contributed by atoms with Gasteiger partial charge in [0.2, 0.25) is 0 Å². The van der Waals surface area contributed by atoms with E-state index in [4.69, 9.17) is 51.8 Å². The van der Waals surface area contributed by atoms with Gasteiger partial charge in [0.05, 0.1) is 15.0 Å². The van der Waals surface area contributed by atoms with Crippen LogP contribution >= 0.6 is 58.8 Å². The average molecular weight is 565 g/mol. The Hall–Kier alpha value is -2.75. The minimum Gasteiger partial charge on any atom is -0.489 e. The second-order valence-corrected chi connectivity index (χ2v) is 10.1. The second kappa shape index (κ2) is 11.3. The molecule has 178 valence electrons. The van der Waals surface area contributed by atoms with Crippen molar-refractivity contribution in [2.75, 3.05) is 5.32 Å². The van der Waals surface area contributed by atoms with Crippen LogP contribution in [0.1, 0.15) is 11.1 Å². The van der Waals surface area contributed by atoms with Gasteiger partial charge in [-0.2, -0.15) is 5.01 Å². The Labute approximate surface area is 226 Å². The maximum absolute atomic E-state index is 12.9. The third-order valence-electron chi connectivity index (χ3n) is 4.66. The van der Waals surface area contributed by atoms with E-state index in [1.54, 1.807) is 30.3 Å². The van der Waals surface area contributed by atoms with Crippen LogP contribution in [0, 0.1) is 0 Å². The van der Waals surface area contributed by atoms with E-state index < -0.39 is 11.9 Å². The zero-order chi connectivity index (χ0) is 24.9. The molecule has 2 N–H and O–H groups in total. The van der Waals surface area contributed by atoms with Crippen LogP contribution in [-0.2, 0) is 11.4 Å². The van der Waals surface area contributed by atoms with Gasteiger partial charge in [0.15, 0.2) is 4.32 Å². The molecule has 0 aromatic heterocycles. The molecule has 0 spiro atoms. The molecule has 0 atom stereocenters. The van der Waals surface area contributed by atoms with Crippen LogP contribution in [0.4, 0.5) is 10.5 Å². The summed E-state index contributed by atoms with van der Waals surface area (Å²) in [6, 6.07) is 18.7. The number of carbonyl (C=O) groups is 2. The van der Waals surface area contributed by atoms with Crippen LogP contribution in [0.3, 0.4) is 0 Å². The molecule has 3 aromatic carbocycles. The maximum atomic E-state index is 12.9. The molecule has 1 saturated heterocycles. The third kappa shape index (κ3) is 6.68. The highest BCUT2D eigenvalue weighted by molar-refractivity contribution is 8.26. The normalized spacial score (nSPS) is 14.4.